The Morgan fingerprint density at radius 1 is 1.28 bits per heavy atom. The van der Waals surface area contributed by atoms with Crippen molar-refractivity contribution in [3.05, 3.63) is 53.2 Å². The molecule has 2 aromatic heterocycles. The minimum Gasteiger partial charge on any atom is -0.497 e. The number of pyridine rings is 1. The number of ether oxygens (including phenoxy) is 1. The predicted molar refractivity (Wildman–Crippen MR) is 102 cm³/mol. The van der Waals surface area contributed by atoms with Crippen LogP contribution in [0.1, 0.15) is 28.1 Å². The summed E-state index contributed by atoms with van der Waals surface area (Å²) in [4.78, 5) is 16.7. The van der Waals surface area contributed by atoms with Crippen LogP contribution in [0.3, 0.4) is 0 Å². The van der Waals surface area contributed by atoms with Crippen molar-refractivity contribution in [1.82, 2.24) is 10.3 Å². The smallest absolute Gasteiger partial charge is 0.263 e. The first-order valence-corrected chi connectivity index (χ1v) is 8.94. The van der Waals surface area contributed by atoms with Crippen molar-refractivity contribution >= 4 is 33.0 Å². The van der Waals surface area contributed by atoms with Gasteiger partial charge in [0.25, 0.3) is 5.91 Å². The molecular weight excluding hydrogens is 334 g/mol. The van der Waals surface area contributed by atoms with E-state index < -0.39 is 0 Å². The van der Waals surface area contributed by atoms with Gasteiger partial charge in [-0.05, 0) is 37.5 Å². The number of para-hydroxylation sites is 1. The fourth-order valence-electron chi connectivity index (χ4n) is 2.45. The number of hydrogen-bond acceptors (Lipinski definition) is 5. The molecule has 0 spiro atoms. The SMILES string of the molecule is COc1ccccc1.Cc1cncc2sc(C(=O)NC3CC3)c(N)c12. The molecule has 0 radical (unpaired) electrons. The van der Waals surface area contributed by atoms with E-state index in [1.54, 1.807) is 19.5 Å². The van der Waals surface area contributed by atoms with E-state index in [0.717, 1.165) is 34.2 Å². The number of rotatable bonds is 3. The van der Waals surface area contributed by atoms with Gasteiger partial charge in [0, 0.05) is 23.8 Å². The first-order valence-electron chi connectivity index (χ1n) is 8.12. The number of fused-ring (bicyclic) bond motifs is 1. The minimum atomic E-state index is -0.0504. The van der Waals surface area contributed by atoms with E-state index in [1.807, 2.05) is 37.3 Å². The van der Waals surface area contributed by atoms with Gasteiger partial charge in [-0.3, -0.25) is 9.78 Å². The molecule has 1 fully saturated rings. The van der Waals surface area contributed by atoms with Crippen molar-refractivity contribution in [3.8, 4) is 5.75 Å². The Labute approximate surface area is 150 Å². The normalized spacial score (nSPS) is 13.0. The Balaban J connectivity index is 0.000000192. The molecule has 3 N–H and O–H groups in total. The molecule has 0 bridgehead atoms. The van der Waals surface area contributed by atoms with E-state index in [9.17, 15) is 4.79 Å². The van der Waals surface area contributed by atoms with Crippen LogP contribution in [0.4, 0.5) is 5.69 Å². The number of nitrogens with zero attached hydrogens (tertiary/aromatic N) is 1. The molecule has 1 aliphatic rings. The molecule has 1 aliphatic carbocycles. The maximum Gasteiger partial charge on any atom is 0.263 e. The zero-order valence-electron chi connectivity index (χ0n) is 14.3. The van der Waals surface area contributed by atoms with E-state index in [4.69, 9.17) is 10.5 Å². The molecular formula is C19H21N3O2S. The van der Waals surface area contributed by atoms with Crippen LogP contribution in [0.2, 0.25) is 0 Å². The van der Waals surface area contributed by atoms with Crippen LogP contribution in [0, 0.1) is 6.92 Å². The molecule has 130 valence electrons. The monoisotopic (exact) mass is 355 g/mol. The van der Waals surface area contributed by atoms with Gasteiger partial charge in [-0.25, -0.2) is 0 Å². The zero-order chi connectivity index (χ0) is 17.8. The van der Waals surface area contributed by atoms with Crippen LogP contribution < -0.4 is 15.8 Å². The fourth-order valence-corrected chi connectivity index (χ4v) is 3.52. The van der Waals surface area contributed by atoms with Gasteiger partial charge in [-0.2, -0.15) is 0 Å². The summed E-state index contributed by atoms with van der Waals surface area (Å²) in [5.74, 6) is 0.859. The summed E-state index contributed by atoms with van der Waals surface area (Å²) >= 11 is 1.42. The lowest BCUT2D eigenvalue weighted by Gasteiger charge is -2.01. The molecule has 0 atom stereocenters. The Kier molecular flexibility index (Phi) is 5.19. The quantitative estimate of drug-likeness (QED) is 0.750. The van der Waals surface area contributed by atoms with Crippen LogP contribution >= 0.6 is 11.3 Å². The molecule has 3 aromatic rings. The summed E-state index contributed by atoms with van der Waals surface area (Å²) in [5, 5.41) is 3.93. The number of benzene rings is 1. The second-order valence-electron chi connectivity index (χ2n) is 5.94. The molecule has 1 aromatic carbocycles. The highest BCUT2D eigenvalue weighted by Gasteiger charge is 2.26. The lowest BCUT2D eigenvalue weighted by atomic mass is 10.2. The van der Waals surface area contributed by atoms with Crippen LogP contribution in [0.5, 0.6) is 5.75 Å². The third-order valence-corrected chi connectivity index (χ3v) is 5.06. The summed E-state index contributed by atoms with van der Waals surface area (Å²) in [7, 11) is 1.66. The molecule has 0 aliphatic heterocycles. The van der Waals surface area contributed by atoms with Gasteiger partial charge in [0.15, 0.2) is 0 Å². The second-order valence-corrected chi connectivity index (χ2v) is 6.99. The highest BCUT2D eigenvalue weighted by atomic mass is 32.1. The van der Waals surface area contributed by atoms with Gasteiger partial charge in [0.2, 0.25) is 0 Å². The predicted octanol–water partition coefficient (Wildman–Crippen LogP) is 3.77. The van der Waals surface area contributed by atoms with Crippen molar-refractivity contribution in [2.45, 2.75) is 25.8 Å². The van der Waals surface area contributed by atoms with Gasteiger partial charge in [0.05, 0.1) is 17.5 Å². The highest BCUT2D eigenvalue weighted by molar-refractivity contribution is 7.21. The maximum atomic E-state index is 12.0. The summed E-state index contributed by atoms with van der Waals surface area (Å²) in [5.41, 5.74) is 7.66. The average Bonchev–Trinajstić information content (AvgIpc) is 3.37. The molecule has 0 saturated heterocycles. The number of nitrogens with one attached hydrogen (secondary N) is 1. The van der Waals surface area contributed by atoms with Crippen molar-refractivity contribution < 1.29 is 9.53 Å². The molecule has 1 amide bonds. The molecule has 1 saturated carbocycles. The van der Waals surface area contributed by atoms with E-state index >= 15 is 0 Å². The third-order valence-electron chi connectivity index (χ3n) is 3.92. The largest absolute Gasteiger partial charge is 0.497 e. The average molecular weight is 355 g/mol. The molecule has 25 heavy (non-hydrogen) atoms. The fraction of sp³-hybridized carbons (Fsp3) is 0.263. The number of methoxy groups -OCH3 is 1. The number of aryl methyl sites for hydroxylation is 1. The number of hydrogen-bond donors (Lipinski definition) is 2. The van der Waals surface area contributed by atoms with Gasteiger partial charge >= 0.3 is 0 Å². The highest BCUT2D eigenvalue weighted by Crippen LogP contribution is 2.35. The first kappa shape index (κ1) is 17.2. The van der Waals surface area contributed by atoms with E-state index in [-0.39, 0.29) is 5.91 Å². The lowest BCUT2D eigenvalue weighted by Crippen LogP contribution is -2.25. The molecule has 0 unspecified atom stereocenters. The summed E-state index contributed by atoms with van der Waals surface area (Å²) < 4.78 is 5.89. The van der Waals surface area contributed by atoms with E-state index in [0.29, 0.717) is 16.6 Å². The van der Waals surface area contributed by atoms with Crippen molar-refractivity contribution in [1.29, 1.82) is 0 Å². The van der Waals surface area contributed by atoms with Crippen molar-refractivity contribution in [2.75, 3.05) is 12.8 Å². The maximum absolute atomic E-state index is 12.0. The van der Waals surface area contributed by atoms with Gasteiger partial charge in [0.1, 0.15) is 10.6 Å². The van der Waals surface area contributed by atoms with Gasteiger partial charge in [-0.1, -0.05) is 18.2 Å². The molecule has 5 nitrogen and oxygen atoms in total. The van der Waals surface area contributed by atoms with E-state index in [1.165, 1.54) is 11.3 Å². The van der Waals surface area contributed by atoms with Gasteiger partial charge < -0.3 is 15.8 Å². The number of amides is 1. The molecule has 6 heteroatoms. The lowest BCUT2D eigenvalue weighted by molar-refractivity contribution is 0.0956. The summed E-state index contributed by atoms with van der Waals surface area (Å²) in [6, 6.07) is 10.0. The Bertz CT molecular complexity index is 873. The van der Waals surface area contributed by atoms with Crippen molar-refractivity contribution in [2.24, 2.45) is 0 Å². The number of nitrogens with two attached hydrogens (primary N) is 1. The second kappa shape index (κ2) is 7.53. The Morgan fingerprint density at radius 2 is 2.00 bits per heavy atom. The number of nitrogen functional groups attached to an aromatic ring is 1. The molecule has 2 heterocycles. The van der Waals surface area contributed by atoms with Crippen molar-refractivity contribution in [3.63, 3.8) is 0 Å². The number of aromatic nitrogens is 1. The summed E-state index contributed by atoms with van der Waals surface area (Å²) in [6.45, 7) is 1.96. The first-order chi connectivity index (χ1) is 12.1. The minimum absolute atomic E-state index is 0.0504. The Morgan fingerprint density at radius 3 is 2.56 bits per heavy atom. The number of carbonyl (C=O) groups is 1. The standard InChI is InChI=1S/C12H13N3OS.C7H8O/c1-6-4-14-5-8-9(6)10(13)11(17-8)12(16)15-7-2-3-7;1-8-7-5-3-2-4-6-7/h4-5,7H,2-3,13H2,1H3,(H,15,16);2-6H,1H3. The summed E-state index contributed by atoms with van der Waals surface area (Å²) in [6.07, 6.45) is 5.69. The van der Waals surface area contributed by atoms with E-state index in [2.05, 4.69) is 10.3 Å². The topological polar surface area (TPSA) is 77.2 Å². The van der Waals surface area contributed by atoms with Crippen LogP contribution in [-0.4, -0.2) is 24.0 Å². The third kappa shape index (κ3) is 4.09. The van der Waals surface area contributed by atoms with Crippen LogP contribution in [-0.2, 0) is 0 Å². The van der Waals surface area contributed by atoms with Crippen LogP contribution in [0.15, 0.2) is 42.7 Å². The molecule has 4 rings (SSSR count). The number of thiophene rings is 1. The van der Waals surface area contributed by atoms with Crippen LogP contribution in [0.25, 0.3) is 10.1 Å². The number of anilines is 1. The zero-order valence-corrected chi connectivity index (χ0v) is 15.1. The van der Waals surface area contributed by atoms with Gasteiger partial charge in [-0.15, -0.1) is 11.3 Å². The number of carbonyl (C=O) groups excluding carboxylic acids is 1. The Hall–Kier alpha value is -2.60.